The number of carbonyl (C=O) groups excluding carboxylic acids is 1. The summed E-state index contributed by atoms with van der Waals surface area (Å²) in [5.74, 6) is 0.606. The average Bonchev–Trinajstić information content (AvgIpc) is 3.19. The number of benzene rings is 2. The molecule has 29 heavy (non-hydrogen) atoms. The zero-order valence-corrected chi connectivity index (χ0v) is 16.7. The molecule has 0 saturated carbocycles. The van der Waals surface area contributed by atoms with Gasteiger partial charge in [-0.05, 0) is 43.0 Å². The van der Waals surface area contributed by atoms with Crippen molar-refractivity contribution in [1.82, 2.24) is 10.2 Å². The van der Waals surface area contributed by atoms with E-state index in [2.05, 4.69) is 32.5 Å². The standard InChI is InChI=1S/C23H26N4O2/c1-17-25-26-23(29-17)21(18-9-4-2-5-10-18)16-22(28)24-19-11-8-12-20(15-19)27-13-6-3-7-14-27/h2,4-5,8-12,15,21H,3,6-7,13-14,16H2,1H3,(H,24,28). The monoisotopic (exact) mass is 390 g/mol. The molecular formula is C23H26N4O2. The highest BCUT2D eigenvalue weighted by Gasteiger charge is 2.23. The quantitative estimate of drug-likeness (QED) is 0.670. The molecule has 0 bridgehead atoms. The maximum atomic E-state index is 12.8. The Morgan fingerprint density at radius 2 is 1.86 bits per heavy atom. The Kier molecular flexibility index (Phi) is 5.89. The second kappa shape index (κ2) is 8.90. The van der Waals surface area contributed by atoms with Crippen LogP contribution in [0.5, 0.6) is 0 Å². The minimum Gasteiger partial charge on any atom is -0.425 e. The van der Waals surface area contributed by atoms with E-state index >= 15 is 0 Å². The Morgan fingerprint density at radius 1 is 1.07 bits per heavy atom. The van der Waals surface area contributed by atoms with E-state index in [0.29, 0.717) is 11.8 Å². The lowest BCUT2D eigenvalue weighted by atomic mass is 9.95. The Morgan fingerprint density at radius 3 is 2.59 bits per heavy atom. The van der Waals surface area contributed by atoms with Crippen LogP contribution >= 0.6 is 0 Å². The minimum atomic E-state index is -0.275. The molecule has 0 radical (unpaired) electrons. The van der Waals surface area contributed by atoms with Crippen LogP contribution in [-0.4, -0.2) is 29.2 Å². The first-order valence-electron chi connectivity index (χ1n) is 10.2. The molecule has 1 N–H and O–H groups in total. The number of rotatable bonds is 6. The van der Waals surface area contributed by atoms with Gasteiger partial charge in [0.15, 0.2) is 0 Å². The SMILES string of the molecule is Cc1nnc(C(CC(=O)Nc2cccc(N3CCCCC3)c2)c2ccccc2)o1. The van der Waals surface area contributed by atoms with Gasteiger partial charge in [-0.25, -0.2) is 0 Å². The van der Waals surface area contributed by atoms with Gasteiger partial charge in [-0.3, -0.25) is 4.79 Å². The number of anilines is 2. The molecule has 1 amide bonds. The van der Waals surface area contributed by atoms with Crippen LogP contribution in [0.15, 0.2) is 59.0 Å². The Bertz CT molecular complexity index is 948. The second-order valence-corrected chi connectivity index (χ2v) is 7.47. The molecule has 1 unspecified atom stereocenters. The molecule has 1 aromatic heterocycles. The van der Waals surface area contributed by atoms with Gasteiger partial charge in [0.1, 0.15) is 0 Å². The normalized spacial score (nSPS) is 15.1. The zero-order chi connectivity index (χ0) is 20.1. The molecule has 1 atom stereocenters. The fraction of sp³-hybridized carbons (Fsp3) is 0.348. The molecule has 2 aromatic carbocycles. The van der Waals surface area contributed by atoms with Gasteiger partial charge in [0, 0.05) is 37.8 Å². The molecule has 1 saturated heterocycles. The molecule has 6 nitrogen and oxygen atoms in total. The lowest BCUT2D eigenvalue weighted by molar-refractivity contribution is -0.116. The third-order valence-corrected chi connectivity index (χ3v) is 5.28. The van der Waals surface area contributed by atoms with Gasteiger partial charge in [0.25, 0.3) is 0 Å². The van der Waals surface area contributed by atoms with Gasteiger partial charge in [-0.1, -0.05) is 36.4 Å². The number of aryl methyl sites for hydroxylation is 1. The summed E-state index contributed by atoms with van der Waals surface area (Å²) in [6.45, 7) is 3.90. The van der Waals surface area contributed by atoms with Gasteiger partial charge in [-0.15, -0.1) is 10.2 Å². The topological polar surface area (TPSA) is 71.3 Å². The molecular weight excluding hydrogens is 364 g/mol. The number of piperidine rings is 1. The molecule has 0 aliphatic carbocycles. The molecule has 1 aliphatic heterocycles. The molecule has 150 valence electrons. The first-order valence-corrected chi connectivity index (χ1v) is 10.2. The third kappa shape index (κ3) is 4.83. The fourth-order valence-electron chi connectivity index (χ4n) is 3.82. The number of nitrogens with one attached hydrogen (secondary N) is 1. The molecule has 2 heterocycles. The minimum absolute atomic E-state index is 0.0782. The summed E-state index contributed by atoms with van der Waals surface area (Å²) in [6.07, 6.45) is 3.97. The molecule has 1 fully saturated rings. The van der Waals surface area contributed by atoms with Crippen molar-refractivity contribution in [2.75, 3.05) is 23.3 Å². The summed E-state index contributed by atoms with van der Waals surface area (Å²) in [4.78, 5) is 15.2. The largest absolute Gasteiger partial charge is 0.425 e. The van der Waals surface area contributed by atoms with Gasteiger partial charge < -0.3 is 14.6 Å². The van der Waals surface area contributed by atoms with Crippen molar-refractivity contribution in [2.24, 2.45) is 0 Å². The van der Waals surface area contributed by atoms with Gasteiger partial charge in [-0.2, -0.15) is 0 Å². The van der Waals surface area contributed by atoms with E-state index in [9.17, 15) is 4.79 Å². The van der Waals surface area contributed by atoms with E-state index in [4.69, 9.17) is 4.42 Å². The van der Waals surface area contributed by atoms with Crippen LogP contribution in [0.2, 0.25) is 0 Å². The fourth-order valence-corrected chi connectivity index (χ4v) is 3.82. The molecule has 6 heteroatoms. The van der Waals surface area contributed by atoms with Crippen molar-refractivity contribution >= 4 is 17.3 Å². The van der Waals surface area contributed by atoms with Gasteiger partial charge in [0.05, 0.1) is 5.92 Å². The van der Waals surface area contributed by atoms with Crippen LogP contribution in [0.3, 0.4) is 0 Å². The van der Waals surface area contributed by atoms with Crippen molar-refractivity contribution in [1.29, 1.82) is 0 Å². The summed E-state index contributed by atoms with van der Waals surface area (Å²) < 4.78 is 5.64. The Balaban J connectivity index is 1.48. The van der Waals surface area contributed by atoms with E-state index in [1.165, 1.54) is 19.3 Å². The van der Waals surface area contributed by atoms with E-state index in [-0.39, 0.29) is 18.2 Å². The predicted octanol–water partition coefficient (Wildman–Crippen LogP) is 4.53. The molecule has 3 aromatic rings. The maximum Gasteiger partial charge on any atom is 0.225 e. The summed E-state index contributed by atoms with van der Waals surface area (Å²) >= 11 is 0. The van der Waals surface area contributed by atoms with E-state index in [0.717, 1.165) is 30.0 Å². The van der Waals surface area contributed by atoms with Crippen LogP contribution in [0.25, 0.3) is 0 Å². The number of hydrogen-bond donors (Lipinski definition) is 1. The number of amides is 1. The van der Waals surface area contributed by atoms with Crippen LogP contribution < -0.4 is 10.2 Å². The van der Waals surface area contributed by atoms with E-state index < -0.39 is 0 Å². The van der Waals surface area contributed by atoms with E-state index in [1.807, 2.05) is 42.5 Å². The zero-order valence-electron chi connectivity index (χ0n) is 16.7. The van der Waals surface area contributed by atoms with Crippen molar-refractivity contribution in [2.45, 2.75) is 38.5 Å². The number of hydrogen-bond acceptors (Lipinski definition) is 5. The first kappa shape index (κ1) is 19.2. The van der Waals surface area contributed by atoms with Gasteiger partial charge >= 0.3 is 0 Å². The summed E-state index contributed by atoms with van der Waals surface area (Å²) in [7, 11) is 0. The maximum absolute atomic E-state index is 12.8. The van der Waals surface area contributed by atoms with Crippen LogP contribution in [-0.2, 0) is 4.79 Å². The smallest absolute Gasteiger partial charge is 0.225 e. The summed E-state index contributed by atoms with van der Waals surface area (Å²) in [5, 5.41) is 11.1. The molecule has 1 aliphatic rings. The van der Waals surface area contributed by atoms with Crippen LogP contribution in [0, 0.1) is 6.92 Å². The number of aromatic nitrogens is 2. The van der Waals surface area contributed by atoms with Gasteiger partial charge in [0.2, 0.25) is 17.7 Å². The second-order valence-electron chi connectivity index (χ2n) is 7.47. The van der Waals surface area contributed by atoms with Crippen LogP contribution in [0.4, 0.5) is 11.4 Å². The van der Waals surface area contributed by atoms with Crippen molar-refractivity contribution in [3.8, 4) is 0 Å². The van der Waals surface area contributed by atoms with Crippen LogP contribution in [0.1, 0.15) is 48.9 Å². The number of carbonyl (C=O) groups is 1. The highest BCUT2D eigenvalue weighted by atomic mass is 16.4. The molecule has 0 spiro atoms. The lowest BCUT2D eigenvalue weighted by Gasteiger charge is -2.29. The lowest BCUT2D eigenvalue weighted by Crippen LogP contribution is -2.29. The Labute approximate surface area is 170 Å². The average molecular weight is 390 g/mol. The van der Waals surface area contributed by atoms with Crippen molar-refractivity contribution in [3.63, 3.8) is 0 Å². The number of nitrogens with zero attached hydrogens (tertiary/aromatic N) is 3. The first-order chi connectivity index (χ1) is 14.2. The third-order valence-electron chi connectivity index (χ3n) is 5.28. The summed E-state index contributed by atoms with van der Waals surface area (Å²) in [6, 6.07) is 17.9. The van der Waals surface area contributed by atoms with E-state index in [1.54, 1.807) is 6.92 Å². The Hall–Kier alpha value is -3.15. The summed E-state index contributed by atoms with van der Waals surface area (Å²) in [5.41, 5.74) is 2.95. The van der Waals surface area contributed by atoms with Crippen molar-refractivity contribution < 1.29 is 9.21 Å². The van der Waals surface area contributed by atoms with Crippen molar-refractivity contribution in [3.05, 3.63) is 71.9 Å². The highest BCUT2D eigenvalue weighted by molar-refractivity contribution is 5.92. The molecule has 4 rings (SSSR count). The predicted molar refractivity (Wildman–Crippen MR) is 113 cm³/mol. The highest BCUT2D eigenvalue weighted by Crippen LogP contribution is 2.28.